The van der Waals surface area contributed by atoms with E-state index < -0.39 is 0 Å². The van der Waals surface area contributed by atoms with Gasteiger partial charge in [-0.2, -0.15) is 0 Å². The molecule has 0 spiro atoms. The van der Waals surface area contributed by atoms with Crippen molar-refractivity contribution in [1.82, 2.24) is 0 Å². The molecule has 0 aliphatic carbocycles. The molecule has 1 aromatic rings. The third-order valence-corrected chi connectivity index (χ3v) is 4.20. The summed E-state index contributed by atoms with van der Waals surface area (Å²) in [5.74, 6) is 1.96. The quantitative estimate of drug-likeness (QED) is 0.804. The maximum absolute atomic E-state index is 10.6. The fourth-order valence-corrected chi connectivity index (χ4v) is 3.35. The zero-order valence-corrected chi connectivity index (χ0v) is 11.0. The second-order valence-electron chi connectivity index (χ2n) is 4.31. The number of hydrogen-bond donors (Lipinski definition) is 0. The predicted octanol–water partition coefficient (Wildman–Crippen LogP) is 2.45. The third-order valence-electron chi connectivity index (χ3n) is 3.36. The summed E-state index contributed by atoms with van der Waals surface area (Å²) in [6.07, 6.45) is 4.10. The van der Waals surface area contributed by atoms with Crippen molar-refractivity contribution in [2.75, 3.05) is 13.2 Å². The molecular weight excluding hydrogens is 284 g/mol. The van der Waals surface area contributed by atoms with Crippen molar-refractivity contribution in [3.63, 3.8) is 0 Å². The number of ether oxygens (including phenoxy) is 2. The highest BCUT2D eigenvalue weighted by atomic mass is 79.9. The molecule has 90 valence electrons. The minimum Gasteiger partial charge on any atom is -0.493 e. The van der Waals surface area contributed by atoms with Crippen molar-refractivity contribution in [3.05, 3.63) is 21.2 Å². The number of fused-ring (bicyclic) bond motifs is 2. The van der Waals surface area contributed by atoms with Gasteiger partial charge in [-0.25, -0.2) is 0 Å². The summed E-state index contributed by atoms with van der Waals surface area (Å²) < 4.78 is 12.5. The number of rotatable bonds is 3. The number of carbonyl (C=O) groups is 1. The molecular formula is C13H13BrO3. The van der Waals surface area contributed by atoms with Gasteiger partial charge in [-0.3, -0.25) is 0 Å². The van der Waals surface area contributed by atoms with Gasteiger partial charge < -0.3 is 14.3 Å². The van der Waals surface area contributed by atoms with E-state index in [0.717, 1.165) is 54.7 Å². The number of benzene rings is 1. The van der Waals surface area contributed by atoms with Crippen LogP contribution >= 0.6 is 15.9 Å². The van der Waals surface area contributed by atoms with E-state index in [1.165, 1.54) is 16.7 Å². The molecule has 2 aliphatic heterocycles. The van der Waals surface area contributed by atoms with E-state index >= 15 is 0 Å². The summed E-state index contributed by atoms with van der Waals surface area (Å²) in [6.45, 7) is 1.45. The molecule has 0 unspecified atom stereocenters. The Morgan fingerprint density at radius 3 is 2.59 bits per heavy atom. The summed E-state index contributed by atoms with van der Waals surface area (Å²) >= 11 is 3.61. The van der Waals surface area contributed by atoms with E-state index in [4.69, 9.17) is 9.47 Å². The molecule has 0 aromatic heterocycles. The largest absolute Gasteiger partial charge is 0.493 e. The Labute approximate surface area is 108 Å². The molecule has 0 bridgehead atoms. The standard InChI is InChI=1S/C13H13BrO3/c14-11-10-4-7-16-12(10)8(2-1-5-15)9-3-6-17-13(9)11/h5H,1-4,6-7H2. The monoisotopic (exact) mass is 296 g/mol. The van der Waals surface area contributed by atoms with E-state index in [1.807, 2.05) is 0 Å². The molecule has 0 N–H and O–H groups in total. The Hall–Kier alpha value is -1.03. The van der Waals surface area contributed by atoms with Crippen LogP contribution in [0, 0.1) is 0 Å². The van der Waals surface area contributed by atoms with Crippen molar-refractivity contribution >= 4 is 22.2 Å². The van der Waals surface area contributed by atoms with Crippen LogP contribution in [0.15, 0.2) is 4.47 Å². The number of hydrogen-bond acceptors (Lipinski definition) is 3. The van der Waals surface area contributed by atoms with Crippen LogP contribution in [-0.2, 0) is 24.1 Å². The van der Waals surface area contributed by atoms with E-state index in [9.17, 15) is 4.79 Å². The molecule has 3 rings (SSSR count). The number of aldehydes is 1. The first-order chi connectivity index (χ1) is 8.33. The molecule has 3 nitrogen and oxygen atoms in total. The molecule has 0 saturated heterocycles. The van der Waals surface area contributed by atoms with Gasteiger partial charge in [0, 0.05) is 36.0 Å². The van der Waals surface area contributed by atoms with E-state index in [0.29, 0.717) is 6.42 Å². The topological polar surface area (TPSA) is 35.5 Å². The molecule has 2 aliphatic rings. The predicted molar refractivity (Wildman–Crippen MR) is 66.9 cm³/mol. The molecule has 0 amide bonds. The fraction of sp³-hybridized carbons (Fsp3) is 0.462. The Morgan fingerprint density at radius 1 is 1.12 bits per heavy atom. The number of carbonyl (C=O) groups excluding carboxylic acids is 1. The van der Waals surface area contributed by atoms with Gasteiger partial charge in [-0.15, -0.1) is 0 Å². The van der Waals surface area contributed by atoms with Crippen LogP contribution in [0.2, 0.25) is 0 Å². The molecule has 4 heteroatoms. The Kier molecular flexibility index (Phi) is 2.82. The smallest absolute Gasteiger partial charge is 0.137 e. The highest BCUT2D eigenvalue weighted by molar-refractivity contribution is 9.10. The third kappa shape index (κ3) is 1.66. The average molecular weight is 297 g/mol. The van der Waals surface area contributed by atoms with Crippen LogP contribution in [0.4, 0.5) is 0 Å². The molecule has 2 heterocycles. The summed E-state index contributed by atoms with van der Waals surface area (Å²) in [7, 11) is 0. The zero-order chi connectivity index (χ0) is 11.8. The number of halogens is 1. The second-order valence-corrected chi connectivity index (χ2v) is 5.10. The van der Waals surface area contributed by atoms with Gasteiger partial charge in [0.1, 0.15) is 17.8 Å². The van der Waals surface area contributed by atoms with Crippen LogP contribution in [0.1, 0.15) is 23.1 Å². The van der Waals surface area contributed by atoms with E-state index in [1.54, 1.807) is 0 Å². The van der Waals surface area contributed by atoms with Crippen molar-refractivity contribution in [1.29, 1.82) is 0 Å². The molecule has 0 atom stereocenters. The van der Waals surface area contributed by atoms with Crippen LogP contribution in [0.5, 0.6) is 11.5 Å². The van der Waals surface area contributed by atoms with Crippen molar-refractivity contribution < 1.29 is 14.3 Å². The lowest BCUT2D eigenvalue weighted by atomic mass is 9.96. The van der Waals surface area contributed by atoms with Crippen LogP contribution in [0.3, 0.4) is 0 Å². The van der Waals surface area contributed by atoms with Crippen LogP contribution < -0.4 is 9.47 Å². The van der Waals surface area contributed by atoms with Crippen molar-refractivity contribution in [2.24, 2.45) is 0 Å². The summed E-state index contributed by atoms with van der Waals surface area (Å²) in [6, 6.07) is 0. The lowest BCUT2D eigenvalue weighted by Gasteiger charge is -2.14. The SMILES string of the molecule is O=CCCc1c2c(c(Br)c3c1OCC3)OCC2. The molecule has 0 saturated carbocycles. The summed E-state index contributed by atoms with van der Waals surface area (Å²) in [4.78, 5) is 10.6. The summed E-state index contributed by atoms with van der Waals surface area (Å²) in [5.41, 5.74) is 3.60. The minimum atomic E-state index is 0.546. The lowest BCUT2D eigenvalue weighted by Crippen LogP contribution is -1.98. The first-order valence-corrected chi connectivity index (χ1v) is 6.67. The van der Waals surface area contributed by atoms with Gasteiger partial charge in [-0.1, -0.05) is 0 Å². The molecule has 17 heavy (non-hydrogen) atoms. The average Bonchev–Trinajstić information content (AvgIpc) is 2.97. The van der Waals surface area contributed by atoms with Crippen molar-refractivity contribution in [3.8, 4) is 11.5 Å². The first-order valence-electron chi connectivity index (χ1n) is 5.88. The van der Waals surface area contributed by atoms with Gasteiger partial charge in [0.2, 0.25) is 0 Å². The zero-order valence-electron chi connectivity index (χ0n) is 9.42. The maximum Gasteiger partial charge on any atom is 0.137 e. The van der Waals surface area contributed by atoms with E-state index in [2.05, 4.69) is 15.9 Å². The molecule has 0 radical (unpaired) electrons. The minimum absolute atomic E-state index is 0.546. The molecule has 1 aromatic carbocycles. The van der Waals surface area contributed by atoms with Crippen LogP contribution in [-0.4, -0.2) is 19.5 Å². The van der Waals surface area contributed by atoms with Crippen LogP contribution in [0.25, 0.3) is 0 Å². The normalized spacial score (nSPS) is 16.1. The maximum atomic E-state index is 10.6. The van der Waals surface area contributed by atoms with Gasteiger partial charge in [0.05, 0.1) is 17.7 Å². The fourth-order valence-electron chi connectivity index (χ4n) is 2.62. The van der Waals surface area contributed by atoms with E-state index in [-0.39, 0.29) is 0 Å². The first kappa shape index (κ1) is 11.1. The Morgan fingerprint density at radius 2 is 1.82 bits per heavy atom. The lowest BCUT2D eigenvalue weighted by molar-refractivity contribution is -0.107. The van der Waals surface area contributed by atoms with Gasteiger partial charge in [0.15, 0.2) is 0 Å². The van der Waals surface area contributed by atoms with Gasteiger partial charge in [0.25, 0.3) is 0 Å². The Balaban J connectivity index is 2.15. The van der Waals surface area contributed by atoms with Gasteiger partial charge >= 0.3 is 0 Å². The summed E-state index contributed by atoms with van der Waals surface area (Å²) in [5, 5.41) is 0. The second kappa shape index (κ2) is 4.33. The highest BCUT2D eigenvalue weighted by Gasteiger charge is 2.29. The van der Waals surface area contributed by atoms with Crippen molar-refractivity contribution in [2.45, 2.75) is 25.7 Å². The highest BCUT2D eigenvalue weighted by Crippen LogP contribution is 2.47. The molecule has 0 fully saturated rings. The Bertz CT molecular complexity index is 447. The van der Waals surface area contributed by atoms with Gasteiger partial charge in [-0.05, 0) is 22.4 Å².